The maximum atomic E-state index is 13.3. The normalized spacial score (nSPS) is 21.7. The summed E-state index contributed by atoms with van der Waals surface area (Å²) in [6.45, 7) is 0.831. The predicted octanol–water partition coefficient (Wildman–Crippen LogP) is 2.42. The van der Waals surface area contributed by atoms with E-state index < -0.39 is 11.6 Å². The molecule has 2 atom stereocenters. The molecule has 1 saturated heterocycles. The van der Waals surface area contributed by atoms with E-state index in [0.717, 1.165) is 16.9 Å². The standard InChI is InChI=1S/C23H21N3O5/c1-28-18-14-19(29-2)25-22(24-18)31-20-21(27)26-12-13-30-17-11-7-6-10-16(17)23(20,26)15-8-4-3-5-9-15/h3-11,14,20H,12-13H2,1-2H3. The molecule has 2 aliphatic rings. The Morgan fingerprint density at radius 1 is 1.00 bits per heavy atom. The van der Waals surface area contributed by atoms with Crippen molar-refractivity contribution in [3.05, 3.63) is 71.8 Å². The Morgan fingerprint density at radius 3 is 2.39 bits per heavy atom. The fourth-order valence-corrected chi connectivity index (χ4v) is 4.34. The van der Waals surface area contributed by atoms with Crippen molar-refractivity contribution in [3.63, 3.8) is 0 Å². The number of methoxy groups -OCH3 is 2. The van der Waals surface area contributed by atoms with Crippen LogP contribution in [0.5, 0.6) is 23.5 Å². The summed E-state index contributed by atoms with van der Waals surface area (Å²) in [6, 6.07) is 19.1. The van der Waals surface area contributed by atoms with Gasteiger partial charge in [-0.05, 0) is 11.6 Å². The number of hydrogen-bond acceptors (Lipinski definition) is 7. The van der Waals surface area contributed by atoms with Crippen LogP contribution in [-0.2, 0) is 10.3 Å². The van der Waals surface area contributed by atoms with Crippen molar-refractivity contribution in [1.82, 2.24) is 14.9 Å². The lowest BCUT2D eigenvalue weighted by Crippen LogP contribution is -2.74. The largest absolute Gasteiger partial charge is 0.491 e. The van der Waals surface area contributed by atoms with Gasteiger partial charge in [0.05, 0.1) is 26.8 Å². The minimum atomic E-state index is -0.880. The Hall–Kier alpha value is -3.81. The van der Waals surface area contributed by atoms with Crippen LogP contribution in [-0.4, -0.2) is 54.3 Å². The van der Waals surface area contributed by atoms with Gasteiger partial charge in [-0.15, -0.1) is 0 Å². The third-order valence-electron chi connectivity index (χ3n) is 5.68. The van der Waals surface area contributed by atoms with Gasteiger partial charge < -0.3 is 23.8 Å². The van der Waals surface area contributed by atoms with Crippen LogP contribution in [0.1, 0.15) is 11.1 Å². The maximum Gasteiger partial charge on any atom is 0.323 e. The highest BCUT2D eigenvalue weighted by atomic mass is 16.5. The zero-order chi connectivity index (χ0) is 21.4. The fourth-order valence-electron chi connectivity index (χ4n) is 4.34. The number of para-hydroxylation sites is 1. The third-order valence-corrected chi connectivity index (χ3v) is 5.68. The van der Waals surface area contributed by atoms with Gasteiger partial charge in [0.15, 0.2) is 0 Å². The van der Waals surface area contributed by atoms with E-state index in [1.54, 1.807) is 11.0 Å². The Labute approximate surface area is 179 Å². The van der Waals surface area contributed by atoms with E-state index in [9.17, 15) is 4.79 Å². The van der Waals surface area contributed by atoms with Crippen LogP contribution in [0.4, 0.5) is 0 Å². The molecule has 8 heteroatoms. The number of benzene rings is 2. The Bertz CT molecular complexity index is 1100. The van der Waals surface area contributed by atoms with Gasteiger partial charge in [0.1, 0.15) is 17.9 Å². The molecule has 0 radical (unpaired) electrons. The molecule has 3 aromatic rings. The highest BCUT2D eigenvalue weighted by Gasteiger charge is 2.65. The van der Waals surface area contributed by atoms with Crippen LogP contribution < -0.4 is 18.9 Å². The van der Waals surface area contributed by atoms with Crippen LogP contribution in [0.3, 0.4) is 0 Å². The fraction of sp³-hybridized carbons (Fsp3) is 0.261. The number of amides is 1. The second kappa shape index (κ2) is 7.46. The molecule has 158 valence electrons. The van der Waals surface area contributed by atoms with Crippen LogP contribution in [0, 0.1) is 0 Å². The molecule has 2 aliphatic heterocycles. The molecule has 31 heavy (non-hydrogen) atoms. The molecule has 2 aromatic carbocycles. The molecule has 0 N–H and O–H groups in total. The number of fused-ring (bicyclic) bond motifs is 3. The van der Waals surface area contributed by atoms with Crippen molar-refractivity contribution in [2.45, 2.75) is 11.6 Å². The minimum Gasteiger partial charge on any atom is -0.491 e. The van der Waals surface area contributed by atoms with Crippen LogP contribution >= 0.6 is 0 Å². The summed E-state index contributed by atoms with van der Waals surface area (Å²) in [4.78, 5) is 23.6. The molecule has 1 fully saturated rings. The first-order valence-corrected chi connectivity index (χ1v) is 9.91. The minimum absolute atomic E-state index is 0.00662. The number of carbonyl (C=O) groups is 1. The van der Waals surface area contributed by atoms with Gasteiger partial charge in [-0.25, -0.2) is 0 Å². The molecule has 0 aliphatic carbocycles. The van der Waals surface area contributed by atoms with E-state index in [-0.39, 0.29) is 23.7 Å². The Morgan fingerprint density at radius 2 is 1.68 bits per heavy atom. The SMILES string of the molecule is COc1cc(OC)nc(OC2C(=O)N3CCOc4ccccc4C23c2ccccc2)n1. The molecule has 2 unspecified atom stereocenters. The number of hydrogen-bond donors (Lipinski definition) is 0. The summed E-state index contributed by atoms with van der Waals surface area (Å²) in [5, 5.41) is 0. The summed E-state index contributed by atoms with van der Waals surface area (Å²) in [6.07, 6.45) is -0.880. The summed E-state index contributed by atoms with van der Waals surface area (Å²) in [5.41, 5.74) is 0.913. The molecule has 8 nitrogen and oxygen atoms in total. The van der Waals surface area contributed by atoms with Gasteiger partial charge in [-0.3, -0.25) is 4.79 Å². The van der Waals surface area contributed by atoms with E-state index in [0.29, 0.717) is 13.2 Å². The quantitative estimate of drug-likeness (QED) is 0.588. The molecule has 0 bridgehead atoms. The van der Waals surface area contributed by atoms with Gasteiger partial charge in [-0.2, -0.15) is 9.97 Å². The van der Waals surface area contributed by atoms with E-state index in [1.807, 2.05) is 54.6 Å². The van der Waals surface area contributed by atoms with Crippen LogP contribution in [0.25, 0.3) is 0 Å². The predicted molar refractivity (Wildman–Crippen MR) is 110 cm³/mol. The van der Waals surface area contributed by atoms with Crippen molar-refractivity contribution >= 4 is 5.91 Å². The Balaban J connectivity index is 1.67. The first kappa shape index (κ1) is 19.2. The van der Waals surface area contributed by atoms with Gasteiger partial charge in [0.25, 0.3) is 5.91 Å². The average molecular weight is 419 g/mol. The lowest BCUT2D eigenvalue weighted by Gasteiger charge is -2.55. The second-order valence-corrected chi connectivity index (χ2v) is 7.20. The number of rotatable bonds is 5. The molecule has 1 aromatic heterocycles. The van der Waals surface area contributed by atoms with Gasteiger partial charge in [0.2, 0.25) is 17.9 Å². The molecule has 0 saturated carbocycles. The summed E-state index contributed by atoms with van der Waals surface area (Å²) in [5.74, 6) is 1.13. The lowest BCUT2D eigenvalue weighted by molar-refractivity contribution is -0.177. The third kappa shape index (κ3) is 2.86. The molecule has 0 spiro atoms. The molecule has 1 amide bonds. The van der Waals surface area contributed by atoms with Gasteiger partial charge >= 0.3 is 6.01 Å². The molecule has 5 rings (SSSR count). The first-order valence-electron chi connectivity index (χ1n) is 9.91. The van der Waals surface area contributed by atoms with Crippen molar-refractivity contribution in [1.29, 1.82) is 0 Å². The van der Waals surface area contributed by atoms with E-state index in [4.69, 9.17) is 18.9 Å². The maximum absolute atomic E-state index is 13.3. The number of β-lactam (4-membered cyclic amide) rings is 1. The highest BCUT2D eigenvalue weighted by molar-refractivity contribution is 5.93. The van der Waals surface area contributed by atoms with Crippen molar-refractivity contribution < 1.29 is 23.7 Å². The lowest BCUT2D eigenvalue weighted by atomic mass is 9.69. The van der Waals surface area contributed by atoms with Crippen molar-refractivity contribution in [2.24, 2.45) is 0 Å². The molecular formula is C23H21N3O5. The number of carbonyl (C=O) groups excluding carboxylic acids is 1. The zero-order valence-electron chi connectivity index (χ0n) is 17.1. The summed E-state index contributed by atoms with van der Waals surface area (Å²) in [7, 11) is 2.98. The monoisotopic (exact) mass is 419 g/mol. The van der Waals surface area contributed by atoms with Gasteiger partial charge in [0, 0.05) is 5.56 Å². The van der Waals surface area contributed by atoms with Crippen LogP contribution in [0.15, 0.2) is 60.7 Å². The number of nitrogens with zero attached hydrogens (tertiary/aromatic N) is 3. The number of aromatic nitrogens is 2. The summed E-state index contributed by atoms with van der Waals surface area (Å²) < 4.78 is 22.6. The van der Waals surface area contributed by atoms with Crippen molar-refractivity contribution in [2.75, 3.05) is 27.4 Å². The average Bonchev–Trinajstić information content (AvgIpc) is 2.98. The van der Waals surface area contributed by atoms with E-state index in [1.165, 1.54) is 14.2 Å². The van der Waals surface area contributed by atoms with Gasteiger partial charge in [-0.1, -0.05) is 48.5 Å². The highest BCUT2D eigenvalue weighted by Crippen LogP contribution is 2.52. The molecule has 3 heterocycles. The van der Waals surface area contributed by atoms with E-state index >= 15 is 0 Å². The van der Waals surface area contributed by atoms with Crippen molar-refractivity contribution in [3.8, 4) is 23.5 Å². The molecular weight excluding hydrogens is 398 g/mol. The Kier molecular flexibility index (Phi) is 4.62. The van der Waals surface area contributed by atoms with Crippen LogP contribution in [0.2, 0.25) is 0 Å². The zero-order valence-corrected chi connectivity index (χ0v) is 17.1. The van der Waals surface area contributed by atoms with E-state index in [2.05, 4.69) is 9.97 Å². The summed E-state index contributed by atoms with van der Waals surface area (Å²) >= 11 is 0. The number of ether oxygens (including phenoxy) is 4. The smallest absolute Gasteiger partial charge is 0.323 e. The second-order valence-electron chi connectivity index (χ2n) is 7.20. The topological polar surface area (TPSA) is 83.0 Å². The first-order chi connectivity index (χ1) is 15.2.